The number of carbonyl (C=O) groups excluding carboxylic acids is 2. The van der Waals surface area contributed by atoms with Crippen LogP contribution in [0.15, 0.2) is 54.6 Å². The standard InChI is InChI=1S/C22H27N3O2/c1-15(2)16-8-10-18(11-9-16)25-13-12-19(22(25)27)21(26)24-14-20(23)17-6-4-3-5-7-17/h3-11,15,19-20H,12-14,23H2,1-2H3,(H,24,26). The number of nitrogens with two attached hydrogens (primary N) is 1. The van der Waals surface area contributed by atoms with E-state index in [1.165, 1.54) is 5.56 Å². The van der Waals surface area contributed by atoms with Crippen molar-refractivity contribution in [3.8, 4) is 0 Å². The number of nitrogens with one attached hydrogen (secondary N) is 1. The van der Waals surface area contributed by atoms with E-state index in [0.29, 0.717) is 25.4 Å². The summed E-state index contributed by atoms with van der Waals surface area (Å²) in [5, 5.41) is 2.84. The van der Waals surface area contributed by atoms with Crippen LogP contribution in [0.4, 0.5) is 5.69 Å². The lowest BCUT2D eigenvalue weighted by Gasteiger charge is -2.18. The topological polar surface area (TPSA) is 75.4 Å². The van der Waals surface area contributed by atoms with E-state index in [2.05, 4.69) is 19.2 Å². The van der Waals surface area contributed by atoms with Crippen molar-refractivity contribution < 1.29 is 9.59 Å². The van der Waals surface area contributed by atoms with Crippen LogP contribution in [0.25, 0.3) is 0 Å². The number of hydrogen-bond acceptors (Lipinski definition) is 3. The monoisotopic (exact) mass is 365 g/mol. The Morgan fingerprint density at radius 3 is 2.41 bits per heavy atom. The van der Waals surface area contributed by atoms with Crippen LogP contribution >= 0.6 is 0 Å². The highest BCUT2D eigenvalue weighted by molar-refractivity contribution is 6.09. The molecule has 5 heteroatoms. The average Bonchev–Trinajstić information content (AvgIpc) is 3.08. The number of rotatable bonds is 6. The molecule has 1 aliphatic rings. The number of hydrogen-bond donors (Lipinski definition) is 2. The van der Waals surface area contributed by atoms with Gasteiger partial charge >= 0.3 is 0 Å². The van der Waals surface area contributed by atoms with Gasteiger partial charge in [0.2, 0.25) is 11.8 Å². The van der Waals surface area contributed by atoms with Crippen molar-refractivity contribution in [2.75, 3.05) is 18.0 Å². The summed E-state index contributed by atoms with van der Waals surface area (Å²) in [7, 11) is 0. The van der Waals surface area contributed by atoms with Crippen LogP contribution in [-0.4, -0.2) is 24.9 Å². The van der Waals surface area contributed by atoms with Gasteiger partial charge in [0.05, 0.1) is 0 Å². The molecule has 0 aromatic heterocycles. The van der Waals surface area contributed by atoms with Gasteiger partial charge in [-0.05, 0) is 35.6 Å². The lowest BCUT2D eigenvalue weighted by Crippen LogP contribution is -2.39. The van der Waals surface area contributed by atoms with Crippen LogP contribution in [0.5, 0.6) is 0 Å². The molecule has 1 aliphatic heterocycles. The summed E-state index contributed by atoms with van der Waals surface area (Å²) in [6, 6.07) is 17.3. The zero-order valence-electron chi connectivity index (χ0n) is 15.9. The second kappa shape index (κ2) is 8.35. The number of nitrogens with zero attached hydrogens (tertiary/aromatic N) is 1. The van der Waals surface area contributed by atoms with Gasteiger partial charge in [-0.25, -0.2) is 0 Å². The summed E-state index contributed by atoms with van der Waals surface area (Å²) >= 11 is 0. The molecule has 0 spiro atoms. The maximum absolute atomic E-state index is 12.7. The molecule has 2 aromatic carbocycles. The SMILES string of the molecule is CC(C)c1ccc(N2CCC(C(=O)NCC(N)c3ccccc3)C2=O)cc1. The van der Waals surface area contributed by atoms with Crippen molar-refractivity contribution >= 4 is 17.5 Å². The summed E-state index contributed by atoms with van der Waals surface area (Å²) < 4.78 is 0. The van der Waals surface area contributed by atoms with E-state index in [-0.39, 0.29) is 17.9 Å². The molecule has 2 aromatic rings. The minimum absolute atomic E-state index is 0.141. The van der Waals surface area contributed by atoms with Gasteiger partial charge in [0.15, 0.2) is 0 Å². The lowest BCUT2D eigenvalue weighted by atomic mass is 10.0. The molecule has 27 heavy (non-hydrogen) atoms. The quantitative estimate of drug-likeness (QED) is 0.773. The van der Waals surface area contributed by atoms with Crippen molar-refractivity contribution in [2.24, 2.45) is 11.7 Å². The van der Waals surface area contributed by atoms with Gasteiger partial charge in [0, 0.05) is 24.8 Å². The van der Waals surface area contributed by atoms with Crippen LogP contribution in [0.1, 0.15) is 43.4 Å². The highest BCUT2D eigenvalue weighted by Gasteiger charge is 2.37. The van der Waals surface area contributed by atoms with E-state index in [1.54, 1.807) is 4.90 Å². The van der Waals surface area contributed by atoms with Gasteiger partial charge in [-0.2, -0.15) is 0 Å². The first-order valence-corrected chi connectivity index (χ1v) is 9.47. The summed E-state index contributed by atoms with van der Waals surface area (Å²) in [5.41, 5.74) is 9.16. The van der Waals surface area contributed by atoms with Crippen molar-refractivity contribution in [1.29, 1.82) is 0 Å². The Labute approximate surface area is 160 Å². The zero-order chi connectivity index (χ0) is 19.4. The normalized spacial score (nSPS) is 18.0. The Bertz CT molecular complexity index is 787. The molecule has 3 N–H and O–H groups in total. The molecule has 1 saturated heterocycles. The van der Waals surface area contributed by atoms with E-state index in [9.17, 15) is 9.59 Å². The van der Waals surface area contributed by atoms with Crippen LogP contribution in [0, 0.1) is 5.92 Å². The number of carbonyl (C=O) groups is 2. The summed E-state index contributed by atoms with van der Waals surface area (Å²) in [6.45, 7) is 5.14. The fourth-order valence-electron chi connectivity index (χ4n) is 3.37. The Balaban J connectivity index is 1.58. The van der Waals surface area contributed by atoms with E-state index in [1.807, 2.05) is 54.6 Å². The van der Waals surface area contributed by atoms with Gasteiger partial charge in [-0.3, -0.25) is 9.59 Å². The Kier molecular flexibility index (Phi) is 5.91. The number of benzene rings is 2. The van der Waals surface area contributed by atoms with Crippen molar-refractivity contribution in [1.82, 2.24) is 5.32 Å². The molecule has 0 aliphatic carbocycles. The molecule has 2 unspecified atom stereocenters. The fraction of sp³-hybridized carbons (Fsp3) is 0.364. The minimum Gasteiger partial charge on any atom is -0.354 e. The van der Waals surface area contributed by atoms with E-state index in [4.69, 9.17) is 5.73 Å². The molecule has 142 valence electrons. The molecule has 0 saturated carbocycles. The molecular formula is C22H27N3O2. The predicted molar refractivity (Wildman–Crippen MR) is 107 cm³/mol. The Morgan fingerprint density at radius 2 is 1.78 bits per heavy atom. The van der Waals surface area contributed by atoms with E-state index < -0.39 is 5.92 Å². The highest BCUT2D eigenvalue weighted by atomic mass is 16.2. The van der Waals surface area contributed by atoms with E-state index >= 15 is 0 Å². The third kappa shape index (κ3) is 4.37. The zero-order valence-corrected chi connectivity index (χ0v) is 15.9. The largest absolute Gasteiger partial charge is 0.354 e. The van der Waals surface area contributed by atoms with Crippen LogP contribution in [0.3, 0.4) is 0 Å². The summed E-state index contributed by atoms with van der Waals surface area (Å²) in [4.78, 5) is 26.9. The van der Waals surface area contributed by atoms with Gasteiger partial charge < -0.3 is 16.0 Å². The molecule has 2 atom stereocenters. The molecule has 0 radical (unpaired) electrons. The van der Waals surface area contributed by atoms with Gasteiger partial charge in [-0.15, -0.1) is 0 Å². The van der Waals surface area contributed by atoms with Crippen molar-refractivity contribution in [3.05, 3.63) is 65.7 Å². The smallest absolute Gasteiger partial charge is 0.239 e. The summed E-state index contributed by atoms with van der Waals surface area (Å²) in [6.07, 6.45) is 0.525. The van der Waals surface area contributed by atoms with Gasteiger partial charge in [-0.1, -0.05) is 56.3 Å². The number of anilines is 1. The predicted octanol–water partition coefficient (Wildman–Crippen LogP) is 2.98. The minimum atomic E-state index is -0.641. The highest BCUT2D eigenvalue weighted by Crippen LogP contribution is 2.27. The fourth-order valence-corrected chi connectivity index (χ4v) is 3.37. The summed E-state index contributed by atoms with van der Waals surface area (Å²) in [5.74, 6) is -0.579. The third-order valence-electron chi connectivity index (χ3n) is 5.12. The molecule has 1 fully saturated rings. The van der Waals surface area contributed by atoms with Gasteiger partial charge in [0.25, 0.3) is 0 Å². The molecule has 5 nitrogen and oxygen atoms in total. The van der Waals surface area contributed by atoms with Crippen molar-refractivity contribution in [2.45, 2.75) is 32.2 Å². The van der Waals surface area contributed by atoms with Crippen LogP contribution in [-0.2, 0) is 9.59 Å². The Hall–Kier alpha value is -2.66. The van der Waals surface area contributed by atoms with Crippen LogP contribution in [0.2, 0.25) is 0 Å². The van der Waals surface area contributed by atoms with Crippen LogP contribution < -0.4 is 16.0 Å². The van der Waals surface area contributed by atoms with Crippen molar-refractivity contribution in [3.63, 3.8) is 0 Å². The second-order valence-corrected chi connectivity index (χ2v) is 7.34. The van der Waals surface area contributed by atoms with Gasteiger partial charge in [0.1, 0.15) is 5.92 Å². The second-order valence-electron chi connectivity index (χ2n) is 7.34. The number of amides is 2. The maximum Gasteiger partial charge on any atom is 0.239 e. The maximum atomic E-state index is 12.7. The molecule has 1 heterocycles. The first-order chi connectivity index (χ1) is 13.0. The third-order valence-corrected chi connectivity index (χ3v) is 5.12. The molecular weight excluding hydrogens is 338 g/mol. The molecule has 3 rings (SSSR count). The lowest BCUT2D eigenvalue weighted by molar-refractivity contribution is -0.132. The van der Waals surface area contributed by atoms with E-state index in [0.717, 1.165) is 11.3 Å². The first-order valence-electron chi connectivity index (χ1n) is 9.47. The molecule has 2 amide bonds. The first kappa shape index (κ1) is 19.1. The average molecular weight is 365 g/mol. The Morgan fingerprint density at radius 1 is 1.11 bits per heavy atom. The molecule has 0 bridgehead atoms.